The van der Waals surface area contributed by atoms with Gasteiger partial charge < -0.3 is 11.1 Å². The van der Waals surface area contributed by atoms with Crippen molar-refractivity contribution in [3.63, 3.8) is 0 Å². The summed E-state index contributed by atoms with van der Waals surface area (Å²) in [5.74, 6) is 0. The van der Waals surface area contributed by atoms with Crippen LogP contribution in [0.1, 0.15) is 11.0 Å². The number of thioether (sulfide) groups is 1. The van der Waals surface area contributed by atoms with Crippen molar-refractivity contribution in [3.05, 3.63) is 11.1 Å². The Morgan fingerprint density at radius 3 is 3.43 bits per heavy atom. The first-order valence-electron chi connectivity index (χ1n) is 3.38. The van der Waals surface area contributed by atoms with E-state index in [0.29, 0.717) is 0 Å². The van der Waals surface area contributed by atoms with Crippen molar-refractivity contribution in [1.29, 1.82) is 0 Å². The Labute approximate surface area is 51.4 Å². The van der Waals surface area contributed by atoms with Crippen LogP contribution in [0.2, 0.25) is 0 Å². The number of allylic oxidation sites excluding steroid dienone is 1. The molecule has 7 heavy (non-hydrogen) atoms. The van der Waals surface area contributed by atoms with Gasteiger partial charge >= 0.3 is 0 Å². The summed E-state index contributed by atoms with van der Waals surface area (Å²) in [7, 11) is 0. The number of rotatable bonds is 0. The topological polar surface area (TPSA) is 38.0 Å². The fraction of sp³-hybridized carbons (Fsp3) is 0.500. The van der Waals surface area contributed by atoms with E-state index in [4.69, 9.17) is 9.85 Å². The van der Waals surface area contributed by atoms with Crippen LogP contribution in [0, 0.1) is 0 Å². The van der Waals surface area contributed by atoms with E-state index in [-0.39, 0.29) is 11.2 Å². The molecule has 0 saturated carbocycles. The molecular formula is C4H8N2S. The maximum absolute atomic E-state index is 6.95. The van der Waals surface area contributed by atoms with Gasteiger partial charge in [-0.3, -0.25) is 0 Å². The molecule has 1 heterocycles. The molecule has 1 aliphatic heterocycles. The second-order valence-corrected chi connectivity index (χ2v) is 2.25. The van der Waals surface area contributed by atoms with E-state index >= 15 is 0 Å². The average Bonchev–Trinajstić information content (AvgIpc) is 2.11. The molecule has 40 valence electrons. The van der Waals surface area contributed by atoms with Gasteiger partial charge in [0.25, 0.3) is 0 Å². The third-order valence-electron chi connectivity index (χ3n) is 0.630. The molecule has 3 heteroatoms. The lowest BCUT2D eigenvalue weighted by molar-refractivity contribution is 0.792. The summed E-state index contributed by atoms with van der Waals surface area (Å²) in [4.78, 5) is 0. The predicted octanol–water partition coefficient (Wildman–Crippen LogP) is 0.426. The van der Waals surface area contributed by atoms with Crippen LogP contribution in [0.25, 0.3) is 0 Å². The van der Waals surface area contributed by atoms with E-state index in [1.165, 1.54) is 17.2 Å². The molecular weight excluding hydrogens is 108 g/mol. The third kappa shape index (κ3) is 1.11. The van der Waals surface area contributed by atoms with Gasteiger partial charge in [0.15, 0.2) is 0 Å². The summed E-state index contributed by atoms with van der Waals surface area (Å²) in [5.41, 5.74) is 5.32. The van der Waals surface area contributed by atoms with Crippen molar-refractivity contribution in [3.8, 4) is 0 Å². The predicted molar refractivity (Wildman–Crippen MR) is 32.5 cm³/mol. The smallest absolute Gasteiger partial charge is 0.127 e. The minimum atomic E-state index is -2.04. The largest absolute Gasteiger partial charge is 0.364 e. The molecule has 0 bridgehead atoms. The van der Waals surface area contributed by atoms with Gasteiger partial charge in [-0.1, -0.05) is 11.8 Å². The molecule has 0 aromatic carbocycles. The van der Waals surface area contributed by atoms with Crippen molar-refractivity contribution in [2.75, 3.05) is 0 Å². The monoisotopic (exact) mass is 119 g/mol. The molecule has 0 fully saturated rings. The molecule has 1 rings (SSSR count). The lowest BCUT2D eigenvalue weighted by Crippen LogP contribution is -2.28. The number of hydrogen-bond acceptors (Lipinski definition) is 3. The first-order chi connectivity index (χ1) is 4.50. The Morgan fingerprint density at radius 2 is 3.14 bits per heavy atom. The van der Waals surface area contributed by atoms with Gasteiger partial charge in [-0.2, -0.15) is 0 Å². The fourth-order valence-electron chi connectivity index (χ4n) is 0.363. The number of nitrogens with one attached hydrogen (secondary N) is 1. The Kier molecular flexibility index (Phi) is 0.606. The maximum Gasteiger partial charge on any atom is 0.127 e. The van der Waals surface area contributed by atoms with Gasteiger partial charge in [-0.15, -0.1) is 0 Å². The van der Waals surface area contributed by atoms with E-state index < -0.39 is 6.85 Å². The molecule has 1 atom stereocenters. The zero-order valence-corrected chi connectivity index (χ0v) is 4.46. The van der Waals surface area contributed by atoms with E-state index in [1.807, 2.05) is 0 Å². The molecule has 0 aromatic rings. The van der Waals surface area contributed by atoms with Crippen molar-refractivity contribution in [2.24, 2.45) is 5.73 Å². The molecule has 0 radical (unpaired) electrons. The normalized spacial score (nSPS) is 37.6. The summed E-state index contributed by atoms with van der Waals surface area (Å²) in [6.07, 6.45) is 0. The lowest BCUT2D eigenvalue weighted by Gasteiger charge is -2.00. The molecule has 2 nitrogen and oxygen atoms in total. The van der Waals surface area contributed by atoms with Gasteiger partial charge in [0.05, 0.1) is 0 Å². The maximum atomic E-state index is 6.95. The van der Waals surface area contributed by atoms with Crippen LogP contribution in [0.5, 0.6) is 0 Å². The van der Waals surface area contributed by atoms with Gasteiger partial charge in [0.2, 0.25) is 0 Å². The SMILES string of the molecule is [2H]C([2H])([2H])C1=CSC(N)N1. The van der Waals surface area contributed by atoms with Crippen LogP contribution in [-0.2, 0) is 0 Å². The molecule has 3 N–H and O–H groups in total. The Bertz CT molecular complexity index is 164. The highest BCUT2D eigenvalue weighted by atomic mass is 32.2. The highest BCUT2D eigenvalue weighted by Crippen LogP contribution is 2.14. The first kappa shape index (κ1) is 2.42. The summed E-state index contributed by atoms with van der Waals surface area (Å²) >= 11 is 1.28. The fourth-order valence-corrected chi connectivity index (χ4v) is 0.908. The van der Waals surface area contributed by atoms with Crippen LogP contribution >= 0.6 is 11.8 Å². The second kappa shape index (κ2) is 1.76. The standard InChI is InChI=1S/C4H8N2S/c1-3-2-7-4(5)6-3/h2,4,6H,5H2,1H3/i1D3. The molecule has 0 saturated heterocycles. The van der Waals surface area contributed by atoms with Gasteiger partial charge in [0, 0.05) is 9.81 Å². The van der Waals surface area contributed by atoms with E-state index in [9.17, 15) is 0 Å². The van der Waals surface area contributed by atoms with Crippen molar-refractivity contribution in [2.45, 2.75) is 12.3 Å². The zero-order valence-electron chi connectivity index (χ0n) is 6.64. The molecule has 0 spiro atoms. The van der Waals surface area contributed by atoms with Gasteiger partial charge in [-0.05, 0) is 12.3 Å². The van der Waals surface area contributed by atoms with Crippen LogP contribution in [-0.4, -0.2) is 5.50 Å². The number of nitrogens with two attached hydrogens (primary N) is 1. The van der Waals surface area contributed by atoms with E-state index in [0.717, 1.165) is 0 Å². The van der Waals surface area contributed by atoms with E-state index in [1.54, 1.807) is 0 Å². The summed E-state index contributed by atoms with van der Waals surface area (Å²) in [6, 6.07) is 0. The minimum absolute atomic E-state index is 0.241. The summed E-state index contributed by atoms with van der Waals surface area (Å²) in [6.45, 7) is -2.04. The highest BCUT2D eigenvalue weighted by molar-refractivity contribution is 8.02. The molecule has 0 amide bonds. The molecule has 1 aliphatic rings. The number of hydrogen-bond donors (Lipinski definition) is 2. The zero-order chi connectivity index (χ0) is 7.78. The van der Waals surface area contributed by atoms with Crippen molar-refractivity contribution >= 4 is 11.8 Å². The minimum Gasteiger partial charge on any atom is -0.364 e. The van der Waals surface area contributed by atoms with Gasteiger partial charge in [0.1, 0.15) is 5.50 Å². The quantitative estimate of drug-likeness (QED) is 0.485. The van der Waals surface area contributed by atoms with Crippen LogP contribution < -0.4 is 11.1 Å². The van der Waals surface area contributed by atoms with Crippen LogP contribution in [0.15, 0.2) is 11.1 Å². The lowest BCUT2D eigenvalue weighted by atomic mass is 10.6. The van der Waals surface area contributed by atoms with Crippen molar-refractivity contribution < 1.29 is 4.11 Å². The second-order valence-electron chi connectivity index (χ2n) is 1.23. The van der Waals surface area contributed by atoms with E-state index in [2.05, 4.69) is 5.32 Å². The summed E-state index contributed by atoms with van der Waals surface area (Å²) < 4.78 is 20.9. The van der Waals surface area contributed by atoms with Crippen molar-refractivity contribution in [1.82, 2.24) is 5.32 Å². The molecule has 1 unspecified atom stereocenters. The van der Waals surface area contributed by atoms with Crippen LogP contribution in [0.4, 0.5) is 0 Å². The average molecular weight is 119 g/mol. The Morgan fingerprint density at radius 1 is 2.29 bits per heavy atom. The Balaban J connectivity index is 2.60. The molecule has 0 aliphatic carbocycles. The van der Waals surface area contributed by atoms with Gasteiger partial charge in [-0.25, -0.2) is 0 Å². The Hall–Kier alpha value is -0.150. The highest BCUT2D eigenvalue weighted by Gasteiger charge is 2.05. The van der Waals surface area contributed by atoms with Crippen LogP contribution in [0.3, 0.4) is 0 Å². The molecule has 0 aromatic heterocycles. The first-order valence-corrected chi connectivity index (χ1v) is 2.82. The summed E-state index contributed by atoms with van der Waals surface area (Å²) in [5, 5.41) is 4.17. The third-order valence-corrected chi connectivity index (χ3v) is 1.41.